The van der Waals surface area contributed by atoms with Crippen LogP contribution < -0.4 is 5.73 Å². The third-order valence-electron chi connectivity index (χ3n) is 8.18. The SMILES string of the molecule is CCCN(CCN1CCN(CCCc2cccc3c2CC=N3)CC1)C1CCC2N=C(N)SC2C1. The number of nitrogens with zero attached hydrogens (tertiary/aromatic N) is 5. The molecule has 0 bridgehead atoms. The third kappa shape index (κ3) is 5.86. The smallest absolute Gasteiger partial charge is 0.154 e. The zero-order valence-electron chi connectivity index (χ0n) is 20.9. The number of aryl methyl sites for hydroxylation is 1. The van der Waals surface area contributed by atoms with Crippen LogP contribution in [-0.2, 0) is 12.8 Å². The number of hydrogen-bond acceptors (Lipinski definition) is 7. The van der Waals surface area contributed by atoms with Gasteiger partial charge in [0.25, 0.3) is 0 Å². The number of amidine groups is 1. The summed E-state index contributed by atoms with van der Waals surface area (Å²) in [5.41, 5.74) is 10.2. The molecule has 5 rings (SSSR count). The normalized spacial score (nSPS) is 27.2. The molecule has 0 amide bonds. The van der Waals surface area contributed by atoms with Crippen LogP contribution in [0.1, 0.15) is 50.2 Å². The molecule has 1 aliphatic carbocycles. The average molecular weight is 483 g/mol. The molecule has 6 nitrogen and oxygen atoms in total. The van der Waals surface area contributed by atoms with Gasteiger partial charge in [0.15, 0.2) is 5.17 Å². The third-order valence-corrected chi connectivity index (χ3v) is 9.34. The van der Waals surface area contributed by atoms with E-state index in [2.05, 4.69) is 56.0 Å². The molecule has 1 aromatic rings. The number of thioether (sulfide) groups is 1. The monoisotopic (exact) mass is 482 g/mol. The molecule has 3 aliphatic heterocycles. The topological polar surface area (TPSA) is 60.5 Å². The summed E-state index contributed by atoms with van der Waals surface area (Å²) in [5, 5.41) is 1.43. The number of piperazine rings is 1. The van der Waals surface area contributed by atoms with Gasteiger partial charge in [-0.3, -0.25) is 19.8 Å². The maximum absolute atomic E-state index is 6.01. The molecule has 1 saturated heterocycles. The predicted octanol–water partition coefficient (Wildman–Crippen LogP) is 3.56. The van der Waals surface area contributed by atoms with E-state index in [1.165, 1.54) is 108 Å². The Balaban J connectivity index is 1.01. The van der Waals surface area contributed by atoms with Crippen LogP contribution >= 0.6 is 11.8 Å². The zero-order valence-corrected chi connectivity index (χ0v) is 21.7. The molecular weight excluding hydrogens is 440 g/mol. The summed E-state index contributed by atoms with van der Waals surface area (Å²) in [7, 11) is 0. The van der Waals surface area contributed by atoms with Crippen molar-refractivity contribution in [3.05, 3.63) is 29.3 Å². The molecule has 3 unspecified atom stereocenters. The highest BCUT2D eigenvalue weighted by molar-refractivity contribution is 8.14. The van der Waals surface area contributed by atoms with Crippen molar-refractivity contribution < 1.29 is 0 Å². The Kier molecular flexibility index (Phi) is 8.25. The second-order valence-corrected chi connectivity index (χ2v) is 11.7. The first-order valence-electron chi connectivity index (χ1n) is 13.5. The van der Waals surface area contributed by atoms with Crippen molar-refractivity contribution in [2.24, 2.45) is 15.7 Å². The fraction of sp³-hybridized carbons (Fsp3) is 0.704. The molecule has 3 heterocycles. The fourth-order valence-electron chi connectivity index (χ4n) is 6.26. The van der Waals surface area contributed by atoms with Crippen LogP contribution in [0.25, 0.3) is 0 Å². The first-order chi connectivity index (χ1) is 16.7. The van der Waals surface area contributed by atoms with Gasteiger partial charge >= 0.3 is 0 Å². The van der Waals surface area contributed by atoms with E-state index in [-0.39, 0.29) is 0 Å². The minimum absolute atomic E-state index is 0.481. The van der Waals surface area contributed by atoms with Gasteiger partial charge in [-0.05, 0) is 68.8 Å². The van der Waals surface area contributed by atoms with Gasteiger partial charge in [-0.25, -0.2) is 0 Å². The summed E-state index contributed by atoms with van der Waals surface area (Å²) >= 11 is 1.82. The zero-order chi connectivity index (χ0) is 23.3. The van der Waals surface area contributed by atoms with Gasteiger partial charge < -0.3 is 10.6 Å². The van der Waals surface area contributed by atoms with Crippen LogP contribution in [0, 0.1) is 0 Å². The van der Waals surface area contributed by atoms with E-state index in [0.717, 1.165) is 11.6 Å². The van der Waals surface area contributed by atoms with Crippen LogP contribution in [-0.4, -0.2) is 95.8 Å². The number of aliphatic imine (C=N–C) groups is 2. The summed E-state index contributed by atoms with van der Waals surface area (Å²) < 4.78 is 0. The van der Waals surface area contributed by atoms with E-state index in [4.69, 9.17) is 5.73 Å². The molecule has 1 aromatic carbocycles. The van der Waals surface area contributed by atoms with Gasteiger partial charge in [-0.2, -0.15) is 0 Å². The predicted molar refractivity (Wildman–Crippen MR) is 146 cm³/mol. The molecule has 2 fully saturated rings. The van der Waals surface area contributed by atoms with Gasteiger partial charge in [-0.1, -0.05) is 30.8 Å². The van der Waals surface area contributed by atoms with Crippen molar-refractivity contribution in [1.29, 1.82) is 0 Å². The van der Waals surface area contributed by atoms with Gasteiger partial charge in [0.1, 0.15) is 0 Å². The van der Waals surface area contributed by atoms with E-state index < -0.39 is 0 Å². The molecule has 34 heavy (non-hydrogen) atoms. The quantitative estimate of drug-likeness (QED) is 0.553. The van der Waals surface area contributed by atoms with Crippen molar-refractivity contribution >= 4 is 28.8 Å². The van der Waals surface area contributed by atoms with Gasteiger partial charge in [0, 0.05) is 63.2 Å². The van der Waals surface area contributed by atoms with Gasteiger partial charge in [0.05, 0.1) is 11.7 Å². The highest BCUT2D eigenvalue weighted by Gasteiger charge is 2.37. The molecule has 1 saturated carbocycles. The van der Waals surface area contributed by atoms with Crippen LogP contribution in [0.15, 0.2) is 28.2 Å². The maximum Gasteiger partial charge on any atom is 0.154 e. The lowest BCUT2D eigenvalue weighted by Gasteiger charge is -2.40. The fourth-order valence-corrected chi connectivity index (χ4v) is 7.44. The molecule has 4 aliphatic rings. The summed E-state index contributed by atoms with van der Waals surface area (Å²) in [6.45, 7) is 12.0. The average Bonchev–Trinajstić information content (AvgIpc) is 3.48. The van der Waals surface area contributed by atoms with E-state index in [9.17, 15) is 0 Å². The Bertz CT molecular complexity index is 878. The van der Waals surface area contributed by atoms with Crippen molar-refractivity contribution in [2.45, 2.75) is 69.2 Å². The van der Waals surface area contributed by atoms with Crippen molar-refractivity contribution in [2.75, 3.05) is 52.4 Å². The van der Waals surface area contributed by atoms with Crippen LogP contribution in [0.3, 0.4) is 0 Å². The first-order valence-corrected chi connectivity index (χ1v) is 14.4. The molecule has 3 atom stereocenters. The van der Waals surface area contributed by atoms with Gasteiger partial charge in [0.2, 0.25) is 0 Å². The number of nitrogens with two attached hydrogens (primary N) is 1. The summed E-state index contributed by atoms with van der Waals surface area (Å²) in [6, 6.07) is 7.80. The first kappa shape index (κ1) is 24.3. The lowest BCUT2D eigenvalue weighted by Crippen LogP contribution is -2.50. The Labute approximate surface area is 210 Å². The minimum Gasteiger partial charge on any atom is -0.379 e. The minimum atomic E-state index is 0.481. The molecule has 2 N–H and O–H groups in total. The summed E-state index contributed by atoms with van der Waals surface area (Å²) in [5.74, 6) is 0. The Hall–Kier alpha value is -1.41. The van der Waals surface area contributed by atoms with Crippen LogP contribution in [0.2, 0.25) is 0 Å². The second-order valence-electron chi connectivity index (χ2n) is 10.4. The molecule has 0 spiro atoms. The standard InChI is InChI=1S/C27H42N6S/c1-2-12-33(22-8-9-25-26(20-22)34-27(28)30-25)19-18-32-16-14-31(15-17-32)13-4-6-21-5-3-7-24-23(21)10-11-29-24/h3,5,7,11,22,25-26H,2,4,6,8-10,12-20H2,1H3,(H2,28,30). The highest BCUT2D eigenvalue weighted by Crippen LogP contribution is 2.37. The van der Waals surface area contributed by atoms with Crippen LogP contribution in [0.4, 0.5) is 5.69 Å². The van der Waals surface area contributed by atoms with Crippen molar-refractivity contribution in [3.63, 3.8) is 0 Å². The molecule has 0 radical (unpaired) electrons. The Morgan fingerprint density at radius 1 is 1.09 bits per heavy atom. The summed E-state index contributed by atoms with van der Waals surface area (Å²) in [6.07, 6.45) is 10.5. The second kappa shape index (κ2) is 11.5. The lowest BCUT2D eigenvalue weighted by molar-refractivity contribution is 0.0966. The number of fused-ring (bicyclic) bond motifs is 2. The van der Waals surface area contributed by atoms with E-state index in [1.54, 1.807) is 0 Å². The van der Waals surface area contributed by atoms with E-state index >= 15 is 0 Å². The highest BCUT2D eigenvalue weighted by atomic mass is 32.2. The maximum atomic E-state index is 6.01. The number of rotatable bonds is 10. The van der Waals surface area contributed by atoms with Crippen molar-refractivity contribution in [3.8, 4) is 0 Å². The molecule has 7 heteroatoms. The lowest BCUT2D eigenvalue weighted by atomic mass is 9.90. The van der Waals surface area contributed by atoms with Gasteiger partial charge in [-0.15, -0.1) is 0 Å². The molecular formula is C27H42N6S. The van der Waals surface area contributed by atoms with Crippen LogP contribution in [0.5, 0.6) is 0 Å². The van der Waals surface area contributed by atoms with E-state index in [1.807, 2.05) is 11.8 Å². The van der Waals surface area contributed by atoms with Crippen molar-refractivity contribution in [1.82, 2.24) is 14.7 Å². The molecule has 186 valence electrons. The number of benzene rings is 1. The Morgan fingerprint density at radius 3 is 2.74 bits per heavy atom. The summed E-state index contributed by atoms with van der Waals surface area (Å²) in [4.78, 5) is 17.3. The Morgan fingerprint density at radius 2 is 1.91 bits per heavy atom. The number of hydrogen-bond donors (Lipinski definition) is 1. The molecule has 0 aromatic heterocycles. The largest absolute Gasteiger partial charge is 0.379 e. The van der Waals surface area contributed by atoms with E-state index in [0.29, 0.717) is 17.3 Å².